The third-order valence-electron chi connectivity index (χ3n) is 1.59. The molecule has 0 saturated heterocycles. The van der Waals surface area contributed by atoms with Crippen LogP contribution in [0.15, 0.2) is 6.20 Å². The number of nitrogens with zero attached hydrogens (tertiary/aromatic N) is 2. The highest BCUT2D eigenvalue weighted by molar-refractivity contribution is 5.93. The van der Waals surface area contributed by atoms with Gasteiger partial charge in [0.15, 0.2) is 5.82 Å². The third kappa shape index (κ3) is 2.59. The van der Waals surface area contributed by atoms with E-state index in [-0.39, 0.29) is 11.5 Å². The van der Waals surface area contributed by atoms with E-state index in [1.165, 1.54) is 25.0 Å². The van der Waals surface area contributed by atoms with Crippen molar-refractivity contribution in [3.8, 4) is 0 Å². The van der Waals surface area contributed by atoms with Crippen LogP contribution in [-0.2, 0) is 11.8 Å². The average Bonchev–Trinajstić information content (AvgIpc) is 2.49. The van der Waals surface area contributed by atoms with Crippen molar-refractivity contribution in [1.29, 1.82) is 0 Å². The van der Waals surface area contributed by atoms with Gasteiger partial charge in [-0.05, 0) is 0 Å². The molecule has 1 aromatic heterocycles. The van der Waals surface area contributed by atoms with Crippen molar-refractivity contribution in [2.75, 3.05) is 17.7 Å². The van der Waals surface area contributed by atoms with E-state index in [0.29, 0.717) is 0 Å². The van der Waals surface area contributed by atoms with Gasteiger partial charge in [-0.15, -0.1) is 0 Å². The number of carbonyl (C=O) groups is 2. The van der Waals surface area contributed by atoms with E-state index in [4.69, 9.17) is 5.11 Å². The maximum Gasteiger partial charge on any atom is 0.411 e. The Balaban J connectivity index is 2.88. The molecule has 2 amide bonds. The van der Waals surface area contributed by atoms with Gasteiger partial charge in [0.25, 0.3) is 0 Å². The van der Waals surface area contributed by atoms with Gasteiger partial charge in [-0.2, -0.15) is 5.10 Å². The maximum absolute atomic E-state index is 10.9. The summed E-state index contributed by atoms with van der Waals surface area (Å²) in [5.74, 6) is 0.160. The fourth-order valence-corrected chi connectivity index (χ4v) is 0.940. The molecule has 0 bridgehead atoms. The summed E-state index contributed by atoms with van der Waals surface area (Å²) in [6.45, 7) is 0. The van der Waals surface area contributed by atoms with E-state index in [0.717, 1.165) is 0 Å². The van der Waals surface area contributed by atoms with Gasteiger partial charge in [0, 0.05) is 7.05 Å². The SMILES string of the molecule is COC(=O)Nc1cnn(C)c1NC(=O)O. The summed E-state index contributed by atoms with van der Waals surface area (Å²) in [6.07, 6.45) is -0.634. The van der Waals surface area contributed by atoms with Crippen LogP contribution in [0, 0.1) is 0 Å². The first kappa shape index (κ1) is 10.8. The number of hydrogen-bond acceptors (Lipinski definition) is 4. The molecule has 0 aromatic carbocycles. The lowest BCUT2D eigenvalue weighted by molar-refractivity contribution is 0.187. The van der Waals surface area contributed by atoms with Crippen molar-refractivity contribution in [3.05, 3.63) is 6.20 Å². The zero-order chi connectivity index (χ0) is 11.4. The zero-order valence-electron chi connectivity index (χ0n) is 8.14. The van der Waals surface area contributed by atoms with E-state index in [1.807, 2.05) is 0 Å². The number of amides is 2. The molecule has 8 heteroatoms. The summed E-state index contributed by atoms with van der Waals surface area (Å²) < 4.78 is 5.64. The Hall–Kier alpha value is -2.25. The van der Waals surface area contributed by atoms with Crippen molar-refractivity contribution in [1.82, 2.24) is 9.78 Å². The largest absolute Gasteiger partial charge is 0.465 e. The summed E-state index contributed by atoms with van der Waals surface area (Å²) in [5, 5.41) is 16.7. The van der Waals surface area contributed by atoms with Crippen LogP contribution in [0.3, 0.4) is 0 Å². The maximum atomic E-state index is 10.9. The molecule has 0 atom stereocenters. The first-order valence-corrected chi connectivity index (χ1v) is 3.91. The van der Waals surface area contributed by atoms with Gasteiger partial charge in [0.05, 0.1) is 13.3 Å². The number of rotatable bonds is 2. The molecular formula is C7H10N4O4. The average molecular weight is 214 g/mol. The molecule has 3 N–H and O–H groups in total. The Morgan fingerprint density at radius 2 is 2.20 bits per heavy atom. The van der Waals surface area contributed by atoms with Gasteiger partial charge in [-0.3, -0.25) is 15.3 Å². The van der Waals surface area contributed by atoms with Gasteiger partial charge in [0.2, 0.25) is 0 Å². The van der Waals surface area contributed by atoms with Crippen LogP contribution in [0.25, 0.3) is 0 Å². The summed E-state index contributed by atoms with van der Waals surface area (Å²) in [6, 6.07) is 0. The third-order valence-corrected chi connectivity index (χ3v) is 1.59. The molecule has 0 saturated carbocycles. The highest BCUT2D eigenvalue weighted by atomic mass is 16.5. The smallest absolute Gasteiger partial charge is 0.411 e. The van der Waals surface area contributed by atoms with Crippen LogP contribution in [0.1, 0.15) is 0 Å². The fraction of sp³-hybridized carbons (Fsp3) is 0.286. The van der Waals surface area contributed by atoms with E-state index in [2.05, 4.69) is 20.5 Å². The van der Waals surface area contributed by atoms with E-state index in [9.17, 15) is 9.59 Å². The Morgan fingerprint density at radius 1 is 1.53 bits per heavy atom. The van der Waals surface area contributed by atoms with Crippen LogP contribution in [0.4, 0.5) is 21.1 Å². The molecule has 1 heterocycles. The Bertz CT molecular complexity index is 386. The molecule has 0 fully saturated rings. The predicted molar refractivity (Wildman–Crippen MR) is 50.9 cm³/mol. The number of carbonyl (C=O) groups excluding carboxylic acids is 1. The Labute approximate surface area is 84.8 Å². The number of anilines is 2. The zero-order valence-corrected chi connectivity index (χ0v) is 8.14. The molecule has 0 aliphatic carbocycles. The van der Waals surface area contributed by atoms with E-state index < -0.39 is 12.2 Å². The molecular weight excluding hydrogens is 204 g/mol. The number of carboxylic acid groups (broad SMARTS) is 1. The van der Waals surface area contributed by atoms with Crippen molar-refractivity contribution in [3.63, 3.8) is 0 Å². The molecule has 0 radical (unpaired) electrons. The number of hydrogen-bond donors (Lipinski definition) is 3. The Morgan fingerprint density at radius 3 is 2.73 bits per heavy atom. The minimum atomic E-state index is -1.24. The second-order valence-corrected chi connectivity index (χ2v) is 2.58. The van der Waals surface area contributed by atoms with Crippen LogP contribution in [0.2, 0.25) is 0 Å². The van der Waals surface area contributed by atoms with Crippen LogP contribution < -0.4 is 10.6 Å². The minimum Gasteiger partial charge on any atom is -0.465 e. The molecule has 1 aromatic rings. The molecule has 0 unspecified atom stereocenters. The predicted octanol–water partition coefficient (Wildman–Crippen LogP) is 0.688. The second-order valence-electron chi connectivity index (χ2n) is 2.58. The lowest BCUT2D eigenvalue weighted by atomic mass is 10.5. The first-order chi connectivity index (χ1) is 7.04. The molecule has 1 rings (SSSR count). The summed E-state index contributed by atoms with van der Waals surface area (Å²) in [4.78, 5) is 21.3. The number of nitrogens with one attached hydrogen (secondary N) is 2. The van der Waals surface area contributed by atoms with E-state index in [1.54, 1.807) is 0 Å². The monoisotopic (exact) mass is 214 g/mol. The normalized spacial score (nSPS) is 9.47. The first-order valence-electron chi connectivity index (χ1n) is 3.91. The summed E-state index contributed by atoms with van der Waals surface area (Å²) in [5.41, 5.74) is 0.228. The molecule has 15 heavy (non-hydrogen) atoms. The van der Waals surface area contributed by atoms with Crippen molar-refractivity contribution in [2.24, 2.45) is 7.05 Å². The van der Waals surface area contributed by atoms with Crippen LogP contribution >= 0.6 is 0 Å². The highest BCUT2D eigenvalue weighted by Gasteiger charge is 2.13. The second kappa shape index (κ2) is 4.31. The van der Waals surface area contributed by atoms with Crippen LogP contribution in [-0.4, -0.2) is 34.2 Å². The van der Waals surface area contributed by atoms with Gasteiger partial charge >= 0.3 is 12.2 Å². The van der Waals surface area contributed by atoms with E-state index >= 15 is 0 Å². The summed E-state index contributed by atoms with van der Waals surface area (Å²) >= 11 is 0. The van der Waals surface area contributed by atoms with Gasteiger partial charge in [-0.1, -0.05) is 0 Å². The topological polar surface area (TPSA) is 105 Å². The standard InChI is InChI=1S/C7H10N4O4/c1-11-5(10-6(12)13)4(3-8-11)9-7(14)15-2/h3,10H,1-2H3,(H,9,14)(H,12,13). The highest BCUT2D eigenvalue weighted by Crippen LogP contribution is 2.19. The molecule has 82 valence electrons. The fourth-order valence-electron chi connectivity index (χ4n) is 0.940. The molecule has 0 aliphatic rings. The van der Waals surface area contributed by atoms with Crippen molar-refractivity contribution in [2.45, 2.75) is 0 Å². The van der Waals surface area contributed by atoms with Crippen molar-refractivity contribution >= 4 is 23.7 Å². The van der Waals surface area contributed by atoms with Crippen molar-refractivity contribution < 1.29 is 19.4 Å². The molecule has 0 aliphatic heterocycles. The summed E-state index contributed by atoms with van der Waals surface area (Å²) in [7, 11) is 2.74. The molecule has 0 spiro atoms. The lowest BCUT2D eigenvalue weighted by Gasteiger charge is -2.05. The number of aryl methyl sites for hydroxylation is 1. The van der Waals surface area contributed by atoms with Crippen LogP contribution in [0.5, 0.6) is 0 Å². The number of ether oxygens (including phenoxy) is 1. The lowest BCUT2D eigenvalue weighted by Crippen LogP contribution is -2.15. The van der Waals surface area contributed by atoms with Gasteiger partial charge in [0.1, 0.15) is 5.69 Å². The molecule has 8 nitrogen and oxygen atoms in total. The van der Waals surface area contributed by atoms with Gasteiger partial charge < -0.3 is 9.84 Å². The minimum absolute atomic E-state index is 0.160. The quantitative estimate of drug-likeness (QED) is 0.671. The Kier molecular flexibility index (Phi) is 3.11. The number of aromatic nitrogens is 2. The number of methoxy groups -OCH3 is 1. The van der Waals surface area contributed by atoms with Gasteiger partial charge in [-0.25, -0.2) is 9.59 Å².